The van der Waals surface area contributed by atoms with Gasteiger partial charge in [-0.15, -0.1) is 9.71 Å². The third-order valence-corrected chi connectivity index (χ3v) is 5.86. The highest BCUT2D eigenvalue weighted by Gasteiger charge is 2.51. The van der Waals surface area contributed by atoms with E-state index in [1.165, 1.54) is 43.4 Å². The predicted molar refractivity (Wildman–Crippen MR) is 126 cm³/mol. The highest BCUT2D eigenvalue weighted by Crippen LogP contribution is 2.41. The van der Waals surface area contributed by atoms with Crippen molar-refractivity contribution in [2.24, 2.45) is 5.84 Å². The van der Waals surface area contributed by atoms with Crippen LogP contribution in [0, 0.1) is 0 Å². The van der Waals surface area contributed by atoms with E-state index in [-0.39, 0.29) is 17.4 Å². The first-order valence-corrected chi connectivity index (χ1v) is 11.0. The van der Waals surface area contributed by atoms with Crippen LogP contribution in [-0.4, -0.2) is 46.7 Å². The van der Waals surface area contributed by atoms with Crippen LogP contribution < -0.4 is 15.5 Å². The van der Waals surface area contributed by atoms with E-state index in [9.17, 15) is 18.4 Å². The summed E-state index contributed by atoms with van der Waals surface area (Å²) in [6.45, 7) is 0.0381. The number of urea groups is 1. The van der Waals surface area contributed by atoms with E-state index in [1.54, 1.807) is 42.5 Å². The summed E-state index contributed by atoms with van der Waals surface area (Å²) in [5, 5.41) is 0.566. The Hall–Kier alpha value is -3.60. The molecular formula is C24H23ClF2N5O3+. The van der Waals surface area contributed by atoms with Gasteiger partial charge in [0.2, 0.25) is 0 Å². The molecule has 11 heteroatoms. The molecule has 1 aromatic heterocycles. The predicted octanol–water partition coefficient (Wildman–Crippen LogP) is 4.54. The highest BCUT2D eigenvalue weighted by atomic mass is 35.5. The molecule has 0 saturated carbocycles. The molecule has 0 bridgehead atoms. The van der Waals surface area contributed by atoms with E-state index < -0.39 is 28.9 Å². The molecule has 0 atom stereocenters. The largest absolute Gasteiger partial charge is 0.455 e. The zero-order valence-corrected chi connectivity index (χ0v) is 19.7. The molecule has 182 valence electrons. The number of aromatic nitrogens is 1. The van der Waals surface area contributed by atoms with Crippen LogP contribution in [0.4, 0.5) is 19.3 Å². The van der Waals surface area contributed by atoms with E-state index in [1.807, 2.05) is 0 Å². The van der Waals surface area contributed by atoms with Crippen LogP contribution in [0.15, 0.2) is 66.9 Å². The number of fused-ring (bicyclic) bond motifs is 2. The number of alkyl halides is 2. The molecule has 4 rings (SSSR count). The number of para-hydroxylation sites is 1. The molecule has 8 nitrogen and oxygen atoms in total. The number of carbonyl (C=O) groups excluding carboxylic acids is 2. The van der Waals surface area contributed by atoms with Crippen LogP contribution in [0.2, 0.25) is 5.02 Å². The lowest BCUT2D eigenvalue weighted by molar-refractivity contribution is -0.920. The fourth-order valence-electron chi connectivity index (χ4n) is 3.65. The van der Waals surface area contributed by atoms with Gasteiger partial charge in [0, 0.05) is 22.5 Å². The number of halogens is 3. The first-order chi connectivity index (χ1) is 16.5. The highest BCUT2D eigenvalue weighted by molar-refractivity contribution is 6.31. The lowest BCUT2D eigenvalue weighted by Gasteiger charge is -2.37. The Balaban J connectivity index is 1.66. The second-order valence-electron chi connectivity index (χ2n) is 8.44. The molecule has 1 aliphatic heterocycles. The van der Waals surface area contributed by atoms with Crippen molar-refractivity contribution in [1.82, 2.24) is 10.1 Å². The quantitative estimate of drug-likeness (QED) is 0.246. The van der Waals surface area contributed by atoms with Crippen LogP contribution in [0.25, 0.3) is 0 Å². The summed E-state index contributed by atoms with van der Waals surface area (Å²) in [6, 6.07) is 15.6. The SMILES string of the molecule is C[N+](C)(C(=O)N1Cc2ccccc2Oc2ccc(Cl)cc21)N(N)C(=O)C(F)(F)Cc1ccccn1. The maximum absolute atomic E-state index is 14.9. The second kappa shape index (κ2) is 9.21. The number of anilines is 1. The zero-order valence-electron chi connectivity index (χ0n) is 19.0. The molecule has 0 radical (unpaired) electrons. The summed E-state index contributed by atoms with van der Waals surface area (Å²) in [4.78, 5) is 31.7. The minimum atomic E-state index is -3.89. The summed E-state index contributed by atoms with van der Waals surface area (Å²) in [7, 11) is 2.50. The van der Waals surface area contributed by atoms with E-state index in [0.29, 0.717) is 27.8 Å². The van der Waals surface area contributed by atoms with Gasteiger partial charge in [-0.3, -0.25) is 14.7 Å². The molecule has 3 amide bonds. The number of hydrogen-bond acceptors (Lipinski definition) is 5. The number of nitrogens with two attached hydrogens (primary N) is 1. The first kappa shape index (κ1) is 24.5. The van der Waals surface area contributed by atoms with Crippen molar-refractivity contribution in [3.63, 3.8) is 0 Å². The Morgan fingerprint density at radius 2 is 1.86 bits per heavy atom. The third kappa shape index (κ3) is 4.81. The van der Waals surface area contributed by atoms with Crippen LogP contribution in [0.5, 0.6) is 11.5 Å². The lowest BCUT2D eigenvalue weighted by Crippen LogP contribution is -2.69. The van der Waals surface area contributed by atoms with Gasteiger partial charge in [0.1, 0.15) is 19.8 Å². The summed E-state index contributed by atoms with van der Waals surface area (Å²) in [5.41, 5.74) is 0.996. The van der Waals surface area contributed by atoms with E-state index >= 15 is 0 Å². The number of quaternary nitrogens is 1. The molecule has 0 unspecified atom stereocenters. The lowest BCUT2D eigenvalue weighted by atomic mass is 10.1. The van der Waals surface area contributed by atoms with Crippen LogP contribution >= 0.6 is 11.6 Å². The van der Waals surface area contributed by atoms with E-state index in [4.69, 9.17) is 22.2 Å². The molecular weight excluding hydrogens is 480 g/mol. The number of carbonyl (C=O) groups is 2. The number of amides is 3. The summed E-state index contributed by atoms with van der Waals surface area (Å²) >= 11 is 6.18. The van der Waals surface area contributed by atoms with Gasteiger partial charge < -0.3 is 4.74 Å². The van der Waals surface area contributed by atoms with Crippen molar-refractivity contribution in [1.29, 1.82) is 0 Å². The summed E-state index contributed by atoms with van der Waals surface area (Å²) in [5.74, 6) is 1.12. The van der Waals surface area contributed by atoms with Gasteiger partial charge in [-0.25, -0.2) is 4.79 Å². The normalized spacial score (nSPS) is 13.3. The third-order valence-electron chi connectivity index (χ3n) is 5.62. The molecule has 3 aromatic rings. The van der Waals surface area contributed by atoms with E-state index in [2.05, 4.69) is 4.98 Å². The van der Waals surface area contributed by atoms with Crippen molar-refractivity contribution in [2.75, 3.05) is 19.0 Å². The molecule has 0 fully saturated rings. The van der Waals surface area contributed by atoms with E-state index in [0.717, 1.165) is 0 Å². The molecule has 2 aromatic carbocycles. The number of hydrogen-bond donors (Lipinski definition) is 1. The van der Waals surface area contributed by atoms with Crippen molar-refractivity contribution < 1.29 is 27.7 Å². The van der Waals surface area contributed by atoms with Gasteiger partial charge in [0.15, 0.2) is 5.75 Å². The van der Waals surface area contributed by atoms with Gasteiger partial charge in [-0.2, -0.15) is 14.6 Å². The number of nitrogens with zero attached hydrogens (tertiary/aromatic N) is 4. The summed E-state index contributed by atoms with van der Waals surface area (Å²) in [6.07, 6.45) is 0.388. The van der Waals surface area contributed by atoms with Gasteiger partial charge in [-0.05, 0) is 36.4 Å². The fourth-order valence-corrected chi connectivity index (χ4v) is 3.82. The van der Waals surface area contributed by atoms with Crippen molar-refractivity contribution in [2.45, 2.75) is 18.9 Å². The number of ether oxygens (including phenoxy) is 1. The molecule has 0 aliphatic carbocycles. The Bertz CT molecular complexity index is 1270. The standard InChI is InChI=1S/C24H23ClF2N5O3/c1-32(2,31(28)22(33)24(26,27)14-18-8-5-6-12-29-18)23(34)30-15-16-7-3-4-9-20(16)35-21-11-10-17(25)13-19(21)30/h3-13H,14-15,28H2,1-2H3/q+1. The van der Waals surface area contributed by atoms with Crippen molar-refractivity contribution >= 4 is 29.2 Å². The minimum Gasteiger partial charge on any atom is -0.455 e. The Morgan fingerprint density at radius 3 is 2.57 bits per heavy atom. The molecule has 1 aliphatic rings. The number of benzene rings is 2. The molecule has 2 N–H and O–H groups in total. The van der Waals surface area contributed by atoms with Gasteiger partial charge in [-0.1, -0.05) is 35.9 Å². The molecule has 35 heavy (non-hydrogen) atoms. The average Bonchev–Trinajstić information content (AvgIpc) is 2.99. The minimum absolute atomic E-state index is 0.0146. The zero-order chi connectivity index (χ0) is 25.4. The van der Waals surface area contributed by atoms with Crippen molar-refractivity contribution in [3.8, 4) is 11.5 Å². The maximum atomic E-state index is 14.9. The monoisotopic (exact) mass is 502 g/mol. The van der Waals surface area contributed by atoms with Crippen LogP contribution in [0.1, 0.15) is 11.3 Å². The van der Waals surface area contributed by atoms with Crippen molar-refractivity contribution in [3.05, 3.63) is 83.1 Å². The second-order valence-corrected chi connectivity index (χ2v) is 8.87. The molecule has 0 saturated heterocycles. The Kier molecular flexibility index (Phi) is 6.46. The first-order valence-electron chi connectivity index (χ1n) is 10.6. The maximum Gasteiger partial charge on any atom is 0.449 e. The number of hydrazine groups is 1. The average molecular weight is 503 g/mol. The van der Waals surface area contributed by atoms with Crippen LogP contribution in [-0.2, 0) is 17.8 Å². The van der Waals surface area contributed by atoms with Crippen LogP contribution in [0.3, 0.4) is 0 Å². The Morgan fingerprint density at radius 1 is 1.14 bits per heavy atom. The smallest absolute Gasteiger partial charge is 0.449 e. The summed E-state index contributed by atoms with van der Waals surface area (Å²) < 4.78 is 34.7. The topological polar surface area (TPSA) is 88.8 Å². The van der Waals surface area contributed by atoms with Gasteiger partial charge in [0.25, 0.3) is 0 Å². The fraction of sp³-hybridized carbons (Fsp3) is 0.208. The van der Waals surface area contributed by atoms with Gasteiger partial charge in [0.05, 0.1) is 18.7 Å². The Labute approximate surface area is 205 Å². The number of rotatable bonds is 3. The number of pyridine rings is 1. The van der Waals surface area contributed by atoms with Gasteiger partial charge >= 0.3 is 17.9 Å². The molecule has 2 heterocycles. The molecule has 0 spiro atoms.